The number of rotatable bonds is 1. The van der Waals surface area contributed by atoms with Crippen LogP contribution in [-0.4, -0.2) is 50.3 Å². The minimum absolute atomic E-state index is 0.437. The fourth-order valence-corrected chi connectivity index (χ4v) is 2.73. The van der Waals surface area contributed by atoms with Crippen LogP contribution in [0.1, 0.15) is 40.5 Å². The standard InChI is InChI=1S/C12H24N2O.C2H6/c1-11(2)14-7-8-15-10-12(9-14)3-5-13-6-4-12;1-2/h11,13H,3-10H2,1-2H3;1-2H3. The van der Waals surface area contributed by atoms with E-state index in [1.165, 1.54) is 19.4 Å². The molecule has 3 nitrogen and oxygen atoms in total. The van der Waals surface area contributed by atoms with Crippen LogP contribution >= 0.6 is 0 Å². The predicted molar refractivity (Wildman–Crippen MR) is 73.4 cm³/mol. The van der Waals surface area contributed by atoms with Gasteiger partial charge in [-0.3, -0.25) is 4.90 Å². The third kappa shape index (κ3) is 4.23. The molecule has 0 amide bonds. The summed E-state index contributed by atoms with van der Waals surface area (Å²) >= 11 is 0. The number of nitrogens with zero attached hydrogens (tertiary/aromatic N) is 1. The van der Waals surface area contributed by atoms with E-state index in [-0.39, 0.29) is 0 Å². The van der Waals surface area contributed by atoms with Crippen molar-refractivity contribution in [3.63, 3.8) is 0 Å². The number of hydrogen-bond acceptors (Lipinski definition) is 3. The summed E-state index contributed by atoms with van der Waals surface area (Å²) in [4.78, 5) is 2.58. The molecule has 1 spiro atoms. The molecule has 0 atom stereocenters. The molecule has 1 N–H and O–H groups in total. The summed E-state index contributed by atoms with van der Waals surface area (Å²) in [7, 11) is 0. The molecule has 0 aliphatic carbocycles. The van der Waals surface area contributed by atoms with Gasteiger partial charge in [-0.15, -0.1) is 0 Å². The quantitative estimate of drug-likeness (QED) is 0.762. The number of nitrogens with one attached hydrogen (secondary N) is 1. The second-order valence-corrected chi connectivity index (χ2v) is 5.37. The van der Waals surface area contributed by atoms with E-state index in [0.717, 1.165) is 32.8 Å². The van der Waals surface area contributed by atoms with Gasteiger partial charge in [0.1, 0.15) is 0 Å². The fourth-order valence-electron chi connectivity index (χ4n) is 2.73. The Kier molecular flexibility index (Phi) is 6.45. The van der Waals surface area contributed by atoms with Gasteiger partial charge < -0.3 is 10.1 Å². The lowest BCUT2D eigenvalue weighted by atomic mass is 9.79. The summed E-state index contributed by atoms with van der Waals surface area (Å²) in [5.41, 5.74) is 0.437. The van der Waals surface area contributed by atoms with E-state index < -0.39 is 0 Å². The number of hydrogen-bond donors (Lipinski definition) is 1. The second-order valence-electron chi connectivity index (χ2n) is 5.37. The van der Waals surface area contributed by atoms with Crippen molar-refractivity contribution >= 4 is 0 Å². The molecule has 2 fully saturated rings. The van der Waals surface area contributed by atoms with Crippen molar-refractivity contribution in [1.29, 1.82) is 0 Å². The minimum Gasteiger partial charge on any atom is -0.379 e. The van der Waals surface area contributed by atoms with Crippen LogP contribution in [0.4, 0.5) is 0 Å². The SMILES string of the molecule is CC.CC(C)N1CCOCC2(CCNCC2)C1. The lowest BCUT2D eigenvalue weighted by Gasteiger charge is -2.40. The van der Waals surface area contributed by atoms with Gasteiger partial charge in [-0.1, -0.05) is 13.8 Å². The first kappa shape index (κ1) is 14.9. The van der Waals surface area contributed by atoms with Gasteiger partial charge in [-0.25, -0.2) is 0 Å². The Morgan fingerprint density at radius 1 is 1.18 bits per heavy atom. The van der Waals surface area contributed by atoms with Crippen LogP contribution < -0.4 is 5.32 Å². The van der Waals surface area contributed by atoms with Crippen molar-refractivity contribution in [2.24, 2.45) is 5.41 Å². The normalized spacial score (nSPS) is 25.2. The van der Waals surface area contributed by atoms with Gasteiger partial charge in [-0.05, 0) is 39.8 Å². The molecule has 0 aromatic heterocycles. The van der Waals surface area contributed by atoms with E-state index >= 15 is 0 Å². The second kappa shape index (κ2) is 7.34. The van der Waals surface area contributed by atoms with E-state index in [1.807, 2.05) is 13.8 Å². The smallest absolute Gasteiger partial charge is 0.0593 e. The van der Waals surface area contributed by atoms with Crippen molar-refractivity contribution in [2.75, 3.05) is 39.4 Å². The monoisotopic (exact) mass is 242 g/mol. The van der Waals surface area contributed by atoms with E-state index in [0.29, 0.717) is 11.5 Å². The average molecular weight is 242 g/mol. The van der Waals surface area contributed by atoms with Gasteiger partial charge in [0.25, 0.3) is 0 Å². The van der Waals surface area contributed by atoms with Crippen LogP contribution in [0.3, 0.4) is 0 Å². The Balaban J connectivity index is 0.000000686. The summed E-state index contributed by atoms with van der Waals surface area (Å²) < 4.78 is 5.80. The minimum atomic E-state index is 0.437. The van der Waals surface area contributed by atoms with E-state index in [2.05, 4.69) is 24.1 Å². The highest BCUT2D eigenvalue weighted by Crippen LogP contribution is 2.32. The third-order valence-electron chi connectivity index (χ3n) is 3.86. The van der Waals surface area contributed by atoms with Gasteiger partial charge in [-0.2, -0.15) is 0 Å². The topological polar surface area (TPSA) is 24.5 Å². The zero-order valence-electron chi connectivity index (χ0n) is 12.1. The molecule has 2 rings (SSSR count). The Bertz CT molecular complexity index is 200. The summed E-state index contributed by atoms with van der Waals surface area (Å²) in [6.07, 6.45) is 2.55. The molecule has 0 saturated carbocycles. The molecule has 2 aliphatic rings. The summed E-state index contributed by atoms with van der Waals surface area (Å²) in [5.74, 6) is 0. The van der Waals surface area contributed by atoms with Crippen molar-refractivity contribution < 1.29 is 4.74 Å². The molecule has 3 heteroatoms. The molecule has 2 saturated heterocycles. The van der Waals surface area contributed by atoms with Gasteiger partial charge >= 0.3 is 0 Å². The van der Waals surface area contributed by atoms with Crippen molar-refractivity contribution in [2.45, 2.75) is 46.6 Å². The number of piperidine rings is 1. The van der Waals surface area contributed by atoms with Gasteiger partial charge in [0.15, 0.2) is 0 Å². The predicted octanol–water partition coefficient (Wildman–Crippen LogP) is 2.12. The third-order valence-corrected chi connectivity index (χ3v) is 3.86. The van der Waals surface area contributed by atoms with Crippen LogP contribution in [0.2, 0.25) is 0 Å². The first-order chi connectivity index (χ1) is 8.22. The van der Waals surface area contributed by atoms with Crippen LogP contribution in [-0.2, 0) is 4.74 Å². The Morgan fingerprint density at radius 3 is 2.41 bits per heavy atom. The van der Waals surface area contributed by atoms with Crippen molar-refractivity contribution in [3.8, 4) is 0 Å². The molecule has 0 unspecified atom stereocenters. The molecule has 0 bridgehead atoms. The highest BCUT2D eigenvalue weighted by atomic mass is 16.5. The van der Waals surface area contributed by atoms with Crippen molar-refractivity contribution in [1.82, 2.24) is 10.2 Å². The average Bonchev–Trinajstić information content (AvgIpc) is 2.56. The van der Waals surface area contributed by atoms with E-state index in [1.54, 1.807) is 0 Å². The zero-order valence-corrected chi connectivity index (χ0v) is 12.1. The van der Waals surface area contributed by atoms with E-state index in [4.69, 9.17) is 4.74 Å². The Hall–Kier alpha value is -0.120. The molecule has 0 aromatic rings. The maximum atomic E-state index is 5.80. The Morgan fingerprint density at radius 2 is 1.82 bits per heavy atom. The maximum absolute atomic E-state index is 5.80. The lowest BCUT2D eigenvalue weighted by molar-refractivity contribution is 0.0430. The van der Waals surface area contributed by atoms with Gasteiger partial charge in [0.05, 0.1) is 13.2 Å². The molecule has 2 aliphatic heterocycles. The molecule has 102 valence electrons. The molecule has 0 aromatic carbocycles. The molecule has 2 heterocycles. The first-order valence-corrected chi connectivity index (χ1v) is 7.24. The summed E-state index contributed by atoms with van der Waals surface area (Å²) in [5, 5.41) is 3.45. The van der Waals surface area contributed by atoms with Crippen molar-refractivity contribution in [3.05, 3.63) is 0 Å². The first-order valence-electron chi connectivity index (χ1n) is 7.24. The van der Waals surface area contributed by atoms with Gasteiger partial charge in [0.2, 0.25) is 0 Å². The lowest BCUT2D eigenvalue weighted by Crippen LogP contribution is -2.47. The molecule has 0 radical (unpaired) electrons. The fraction of sp³-hybridized carbons (Fsp3) is 1.00. The Labute approximate surface area is 107 Å². The number of ether oxygens (including phenoxy) is 1. The highest BCUT2D eigenvalue weighted by Gasteiger charge is 2.36. The van der Waals surface area contributed by atoms with Crippen LogP contribution in [0.25, 0.3) is 0 Å². The highest BCUT2D eigenvalue weighted by molar-refractivity contribution is 4.89. The molecular weight excluding hydrogens is 212 g/mol. The summed E-state index contributed by atoms with van der Waals surface area (Å²) in [6.45, 7) is 15.1. The largest absolute Gasteiger partial charge is 0.379 e. The van der Waals surface area contributed by atoms with E-state index in [9.17, 15) is 0 Å². The molecule has 17 heavy (non-hydrogen) atoms. The maximum Gasteiger partial charge on any atom is 0.0593 e. The molecular formula is C14H30N2O. The van der Waals surface area contributed by atoms with Crippen LogP contribution in [0, 0.1) is 5.41 Å². The van der Waals surface area contributed by atoms with Crippen LogP contribution in [0.15, 0.2) is 0 Å². The summed E-state index contributed by atoms with van der Waals surface area (Å²) in [6, 6.07) is 0.651. The van der Waals surface area contributed by atoms with Crippen LogP contribution in [0.5, 0.6) is 0 Å². The van der Waals surface area contributed by atoms with Gasteiger partial charge in [0, 0.05) is 24.5 Å². The zero-order chi connectivity index (χ0) is 12.7.